The summed E-state index contributed by atoms with van der Waals surface area (Å²) in [7, 11) is 0. The number of carbonyl (C=O) groups excluding carboxylic acids is 1. The van der Waals surface area contributed by atoms with E-state index >= 15 is 0 Å². The van der Waals surface area contributed by atoms with Crippen molar-refractivity contribution in [2.45, 2.75) is 46.3 Å². The third kappa shape index (κ3) is 1.19. The number of fused-ring (bicyclic) bond motifs is 3. The monoisotopic (exact) mass is 250 g/mol. The minimum Gasteiger partial charge on any atom is -0.390 e. The molecule has 0 bridgehead atoms. The third-order valence-corrected chi connectivity index (χ3v) is 6.00. The highest BCUT2D eigenvalue weighted by Crippen LogP contribution is 2.73. The van der Waals surface area contributed by atoms with Crippen molar-refractivity contribution in [2.24, 2.45) is 28.6 Å². The fourth-order valence-corrected chi connectivity index (χ4v) is 4.80. The zero-order valence-electron chi connectivity index (χ0n) is 11.5. The van der Waals surface area contributed by atoms with Gasteiger partial charge in [-0.05, 0) is 40.7 Å². The first-order chi connectivity index (χ1) is 8.22. The summed E-state index contributed by atoms with van der Waals surface area (Å²) in [5, 5.41) is 20.1. The molecule has 2 fully saturated rings. The van der Waals surface area contributed by atoms with E-state index in [1.165, 1.54) is 0 Å². The van der Waals surface area contributed by atoms with E-state index < -0.39 is 12.2 Å². The van der Waals surface area contributed by atoms with Gasteiger partial charge in [-0.2, -0.15) is 0 Å². The summed E-state index contributed by atoms with van der Waals surface area (Å²) in [6.07, 6.45) is 0.639. The van der Waals surface area contributed by atoms with Gasteiger partial charge in [-0.1, -0.05) is 27.7 Å². The molecule has 0 saturated heterocycles. The molecule has 3 aliphatic rings. The second-order valence-corrected chi connectivity index (χ2v) is 7.21. The maximum absolute atomic E-state index is 12.1. The molecule has 2 saturated carbocycles. The van der Waals surface area contributed by atoms with E-state index in [0.29, 0.717) is 18.3 Å². The van der Waals surface area contributed by atoms with Crippen LogP contribution in [0.25, 0.3) is 0 Å². The molecule has 6 unspecified atom stereocenters. The topological polar surface area (TPSA) is 57.5 Å². The number of aliphatic hydroxyl groups excluding tert-OH is 2. The van der Waals surface area contributed by atoms with Gasteiger partial charge in [0.2, 0.25) is 0 Å². The van der Waals surface area contributed by atoms with Gasteiger partial charge in [-0.15, -0.1) is 0 Å². The van der Waals surface area contributed by atoms with Crippen LogP contribution in [0.15, 0.2) is 11.6 Å². The van der Waals surface area contributed by atoms with Gasteiger partial charge in [0, 0.05) is 5.92 Å². The van der Waals surface area contributed by atoms with Crippen molar-refractivity contribution in [1.82, 2.24) is 0 Å². The fraction of sp³-hybridized carbons (Fsp3) is 0.800. The first kappa shape index (κ1) is 12.4. The Bertz CT molecular complexity index is 451. The zero-order chi connectivity index (χ0) is 13.5. The van der Waals surface area contributed by atoms with Gasteiger partial charge in [-0.3, -0.25) is 4.79 Å². The molecule has 0 radical (unpaired) electrons. The Kier molecular flexibility index (Phi) is 2.24. The number of aliphatic hydroxyl groups is 2. The molecule has 0 aromatic carbocycles. The molecule has 3 nitrogen and oxygen atoms in total. The molecule has 3 heteroatoms. The minimum atomic E-state index is -0.868. The summed E-state index contributed by atoms with van der Waals surface area (Å²) in [6.45, 7) is 8.58. The van der Waals surface area contributed by atoms with Crippen molar-refractivity contribution in [3.8, 4) is 0 Å². The van der Waals surface area contributed by atoms with E-state index in [1.54, 1.807) is 6.08 Å². The van der Waals surface area contributed by atoms with Crippen LogP contribution in [0.5, 0.6) is 0 Å². The minimum absolute atomic E-state index is 0.0281. The summed E-state index contributed by atoms with van der Waals surface area (Å²) in [6, 6.07) is 0. The summed E-state index contributed by atoms with van der Waals surface area (Å²) < 4.78 is 0. The summed E-state index contributed by atoms with van der Waals surface area (Å²) in [5.74, 6) is 0.855. The van der Waals surface area contributed by atoms with Crippen molar-refractivity contribution >= 4 is 5.78 Å². The van der Waals surface area contributed by atoms with Crippen molar-refractivity contribution in [3.63, 3.8) is 0 Å². The van der Waals surface area contributed by atoms with Gasteiger partial charge in [-0.25, -0.2) is 0 Å². The predicted octanol–water partition coefficient (Wildman–Crippen LogP) is 1.54. The van der Waals surface area contributed by atoms with Crippen LogP contribution in [0, 0.1) is 28.6 Å². The molecular weight excluding hydrogens is 228 g/mol. The van der Waals surface area contributed by atoms with Crippen molar-refractivity contribution in [3.05, 3.63) is 11.6 Å². The SMILES string of the molecule is CC1CC(O)C(O)C2=CC(=O)C3C(C3(C)C)C21C. The predicted molar refractivity (Wildman–Crippen MR) is 67.8 cm³/mol. The summed E-state index contributed by atoms with van der Waals surface area (Å²) in [4.78, 5) is 12.1. The quantitative estimate of drug-likeness (QED) is 0.685. The second kappa shape index (κ2) is 3.26. The molecule has 3 aliphatic carbocycles. The molecule has 18 heavy (non-hydrogen) atoms. The first-order valence-electron chi connectivity index (χ1n) is 6.84. The van der Waals surface area contributed by atoms with Crippen LogP contribution in [0.3, 0.4) is 0 Å². The van der Waals surface area contributed by atoms with E-state index in [0.717, 1.165) is 5.57 Å². The van der Waals surface area contributed by atoms with E-state index in [1.807, 2.05) is 0 Å². The highest BCUT2D eigenvalue weighted by atomic mass is 16.3. The number of hydrogen-bond acceptors (Lipinski definition) is 3. The largest absolute Gasteiger partial charge is 0.390 e. The van der Waals surface area contributed by atoms with Crippen LogP contribution in [-0.4, -0.2) is 28.2 Å². The lowest BCUT2D eigenvalue weighted by molar-refractivity contribution is -0.118. The number of ketones is 1. The average molecular weight is 250 g/mol. The first-order valence-corrected chi connectivity index (χ1v) is 6.84. The Morgan fingerprint density at radius 1 is 1.28 bits per heavy atom. The molecule has 6 atom stereocenters. The van der Waals surface area contributed by atoms with E-state index in [4.69, 9.17) is 0 Å². The zero-order valence-corrected chi connectivity index (χ0v) is 11.5. The van der Waals surface area contributed by atoms with Crippen LogP contribution in [0.4, 0.5) is 0 Å². The van der Waals surface area contributed by atoms with Crippen LogP contribution in [-0.2, 0) is 4.79 Å². The Morgan fingerprint density at radius 3 is 2.50 bits per heavy atom. The van der Waals surface area contributed by atoms with E-state index in [-0.39, 0.29) is 22.5 Å². The van der Waals surface area contributed by atoms with Gasteiger partial charge < -0.3 is 10.2 Å². The average Bonchev–Trinajstić information content (AvgIpc) is 2.85. The van der Waals surface area contributed by atoms with Gasteiger partial charge >= 0.3 is 0 Å². The normalized spacial score (nSPS) is 53.3. The molecule has 3 rings (SSSR count). The molecule has 0 aromatic heterocycles. The lowest BCUT2D eigenvalue weighted by Crippen LogP contribution is -2.49. The van der Waals surface area contributed by atoms with Crippen LogP contribution in [0.1, 0.15) is 34.1 Å². The second-order valence-electron chi connectivity index (χ2n) is 7.21. The Labute approximate surface area is 108 Å². The molecule has 2 N–H and O–H groups in total. The Balaban J connectivity index is 2.12. The Hall–Kier alpha value is -0.670. The van der Waals surface area contributed by atoms with Gasteiger partial charge in [0.1, 0.15) is 6.10 Å². The Morgan fingerprint density at radius 2 is 1.89 bits per heavy atom. The lowest BCUT2D eigenvalue weighted by Gasteiger charge is -2.48. The highest BCUT2D eigenvalue weighted by Gasteiger charge is 2.72. The van der Waals surface area contributed by atoms with Gasteiger partial charge in [0.25, 0.3) is 0 Å². The number of hydrogen-bond donors (Lipinski definition) is 2. The number of carbonyl (C=O) groups is 1. The molecule has 100 valence electrons. The van der Waals surface area contributed by atoms with Crippen LogP contribution >= 0.6 is 0 Å². The highest BCUT2D eigenvalue weighted by molar-refractivity contribution is 5.97. The van der Waals surface area contributed by atoms with E-state index in [2.05, 4.69) is 27.7 Å². The summed E-state index contributed by atoms with van der Waals surface area (Å²) >= 11 is 0. The van der Waals surface area contributed by atoms with Crippen molar-refractivity contribution in [2.75, 3.05) is 0 Å². The molecule has 0 aliphatic heterocycles. The van der Waals surface area contributed by atoms with Crippen LogP contribution < -0.4 is 0 Å². The maximum Gasteiger partial charge on any atom is 0.159 e. The number of allylic oxidation sites excluding steroid dienone is 1. The number of rotatable bonds is 0. The third-order valence-electron chi connectivity index (χ3n) is 6.00. The van der Waals surface area contributed by atoms with Gasteiger partial charge in [0.15, 0.2) is 5.78 Å². The molecule has 0 aromatic rings. The molecule has 0 amide bonds. The molecule has 0 heterocycles. The lowest BCUT2D eigenvalue weighted by atomic mass is 9.58. The van der Waals surface area contributed by atoms with Crippen LogP contribution in [0.2, 0.25) is 0 Å². The fourth-order valence-electron chi connectivity index (χ4n) is 4.80. The van der Waals surface area contributed by atoms with Crippen molar-refractivity contribution in [1.29, 1.82) is 0 Å². The molecule has 0 spiro atoms. The smallest absolute Gasteiger partial charge is 0.159 e. The van der Waals surface area contributed by atoms with Gasteiger partial charge in [0.05, 0.1) is 6.10 Å². The van der Waals surface area contributed by atoms with Crippen molar-refractivity contribution < 1.29 is 15.0 Å². The summed E-state index contributed by atoms with van der Waals surface area (Å²) in [5.41, 5.74) is 0.659. The molecular formula is C15H22O3. The standard InChI is InChI=1S/C15H22O3/c1-7-5-10(17)12(18)8-6-9(16)11-13(14(11,2)3)15(7,8)4/h6-7,10-13,17-18H,5H2,1-4H3. The van der Waals surface area contributed by atoms with E-state index in [9.17, 15) is 15.0 Å². The maximum atomic E-state index is 12.1.